The van der Waals surface area contributed by atoms with Gasteiger partial charge < -0.3 is 4.90 Å². The van der Waals surface area contributed by atoms with Crippen LogP contribution >= 0.6 is 0 Å². The Morgan fingerprint density at radius 2 is 1.52 bits per heavy atom. The lowest BCUT2D eigenvalue weighted by Gasteiger charge is -2.37. The van der Waals surface area contributed by atoms with Crippen molar-refractivity contribution in [1.82, 2.24) is 4.90 Å². The lowest BCUT2D eigenvalue weighted by Crippen LogP contribution is -2.45. The van der Waals surface area contributed by atoms with Gasteiger partial charge in [-0.15, -0.1) is 0 Å². The second-order valence-electron chi connectivity index (χ2n) is 7.93. The fraction of sp³-hybridized carbons (Fsp3) is 0.435. The number of nitrogens with zero attached hydrogens (tertiary/aromatic N) is 2. The Kier molecular flexibility index (Phi) is 6.63. The van der Waals surface area contributed by atoms with Gasteiger partial charge in [0.2, 0.25) is 0 Å². The van der Waals surface area contributed by atoms with E-state index in [1.165, 1.54) is 29.9 Å². The molecule has 0 aromatic heterocycles. The first-order valence-electron chi connectivity index (χ1n) is 10.3. The van der Waals surface area contributed by atoms with E-state index in [1.807, 2.05) is 24.8 Å². The molecule has 3 rings (SSSR count). The van der Waals surface area contributed by atoms with Crippen molar-refractivity contribution in [2.45, 2.75) is 62.9 Å². The summed E-state index contributed by atoms with van der Waals surface area (Å²) in [4.78, 5) is 15.3. The zero-order chi connectivity index (χ0) is 21.0. The summed E-state index contributed by atoms with van der Waals surface area (Å²) in [5.74, 6) is -0.0211. The number of hydrogen-bond donors (Lipinski definition) is 0. The van der Waals surface area contributed by atoms with E-state index in [4.69, 9.17) is 0 Å². The number of anilines is 1. The minimum absolute atomic E-state index is 0.0211. The summed E-state index contributed by atoms with van der Waals surface area (Å²) in [6, 6.07) is 15.6. The summed E-state index contributed by atoms with van der Waals surface area (Å²) in [5, 5.41) is 0. The number of amides is 1. The van der Waals surface area contributed by atoms with Gasteiger partial charge >= 0.3 is 0 Å². The van der Waals surface area contributed by atoms with Crippen molar-refractivity contribution in [2.75, 3.05) is 11.4 Å². The molecule has 2 aromatic carbocycles. The Morgan fingerprint density at radius 3 is 2.07 bits per heavy atom. The highest BCUT2D eigenvalue weighted by atomic mass is 32.2. The molecule has 5 nitrogen and oxygen atoms in total. The van der Waals surface area contributed by atoms with Crippen LogP contribution in [-0.4, -0.2) is 38.4 Å². The van der Waals surface area contributed by atoms with Crippen molar-refractivity contribution >= 4 is 21.6 Å². The van der Waals surface area contributed by atoms with E-state index in [9.17, 15) is 13.2 Å². The fourth-order valence-corrected chi connectivity index (χ4v) is 5.23. The maximum atomic E-state index is 13.2. The van der Waals surface area contributed by atoms with Gasteiger partial charge in [-0.25, -0.2) is 8.42 Å². The van der Waals surface area contributed by atoms with Crippen LogP contribution in [0.25, 0.3) is 0 Å². The van der Waals surface area contributed by atoms with Crippen LogP contribution in [0.3, 0.4) is 0 Å². The zero-order valence-electron chi connectivity index (χ0n) is 17.4. The quantitative estimate of drug-likeness (QED) is 0.689. The minimum Gasteiger partial charge on any atom is -0.333 e. The third-order valence-corrected chi connectivity index (χ3v) is 7.44. The molecule has 1 saturated carbocycles. The van der Waals surface area contributed by atoms with Crippen molar-refractivity contribution in [3.8, 4) is 0 Å². The van der Waals surface area contributed by atoms with Crippen molar-refractivity contribution in [3.05, 3.63) is 60.2 Å². The SMILES string of the molecule is CC(C)N(C(=O)c1ccc(S(=O)(=O)N(C)c2ccccc2)cc1)C1CCCCC1. The van der Waals surface area contributed by atoms with Gasteiger partial charge in [0, 0.05) is 24.7 Å². The Labute approximate surface area is 174 Å². The van der Waals surface area contributed by atoms with E-state index < -0.39 is 10.0 Å². The average Bonchev–Trinajstić information content (AvgIpc) is 2.74. The van der Waals surface area contributed by atoms with Crippen LogP contribution < -0.4 is 4.31 Å². The van der Waals surface area contributed by atoms with Gasteiger partial charge in [-0.1, -0.05) is 37.5 Å². The van der Waals surface area contributed by atoms with E-state index >= 15 is 0 Å². The highest BCUT2D eigenvalue weighted by molar-refractivity contribution is 7.92. The second kappa shape index (κ2) is 8.99. The van der Waals surface area contributed by atoms with Crippen LogP contribution in [0.1, 0.15) is 56.3 Å². The van der Waals surface area contributed by atoms with Gasteiger partial charge in [0.1, 0.15) is 0 Å². The molecule has 1 amide bonds. The van der Waals surface area contributed by atoms with E-state index in [0.717, 1.165) is 25.7 Å². The van der Waals surface area contributed by atoms with Gasteiger partial charge in [-0.05, 0) is 63.1 Å². The Bertz CT molecular complexity index is 918. The molecule has 0 bridgehead atoms. The molecule has 1 fully saturated rings. The molecule has 0 unspecified atom stereocenters. The van der Waals surface area contributed by atoms with Crippen LogP contribution in [0.4, 0.5) is 5.69 Å². The standard InChI is InChI=1S/C23H30N2O3S/c1-18(2)25(21-12-8-5-9-13-21)23(26)19-14-16-22(17-15-19)29(27,28)24(3)20-10-6-4-7-11-20/h4,6-7,10-11,14-18,21H,5,8-9,12-13H2,1-3H3. The van der Waals surface area contributed by atoms with E-state index in [2.05, 4.69) is 0 Å². The van der Waals surface area contributed by atoms with Gasteiger partial charge in [-0.2, -0.15) is 0 Å². The Hall–Kier alpha value is -2.34. The molecule has 2 aromatic rings. The van der Waals surface area contributed by atoms with Crippen LogP contribution in [0.15, 0.2) is 59.5 Å². The molecule has 0 radical (unpaired) electrons. The molecule has 0 atom stereocenters. The summed E-state index contributed by atoms with van der Waals surface area (Å²) < 4.78 is 27.1. The summed E-state index contributed by atoms with van der Waals surface area (Å²) in [7, 11) is -2.15. The van der Waals surface area contributed by atoms with Crippen molar-refractivity contribution in [2.24, 2.45) is 0 Å². The van der Waals surface area contributed by atoms with Crippen molar-refractivity contribution in [3.63, 3.8) is 0 Å². The minimum atomic E-state index is -3.68. The highest BCUT2D eigenvalue weighted by Crippen LogP contribution is 2.27. The third-order valence-electron chi connectivity index (χ3n) is 5.64. The number of carbonyl (C=O) groups is 1. The topological polar surface area (TPSA) is 57.7 Å². The van der Waals surface area contributed by atoms with Gasteiger partial charge in [0.05, 0.1) is 10.6 Å². The lowest BCUT2D eigenvalue weighted by atomic mass is 9.93. The van der Waals surface area contributed by atoms with Crippen LogP contribution in [0.5, 0.6) is 0 Å². The van der Waals surface area contributed by atoms with E-state index in [1.54, 1.807) is 36.4 Å². The molecular weight excluding hydrogens is 384 g/mol. The fourth-order valence-electron chi connectivity index (χ4n) is 4.03. The smallest absolute Gasteiger partial charge is 0.264 e. The van der Waals surface area contributed by atoms with Gasteiger partial charge in [-0.3, -0.25) is 9.10 Å². The number of rotatable bonds is 6. The second-order valence-corrected chi connectivity index (χ2v) is 9.90. The maximum Gasteiger partial charge on any atom is 0.264 e. The first-order chi connectivity index (χ1) is 13.8. The molecule has 156 valence electrons. The monoisotopic (exact) mass is 414 g/mol. The van der Waals surface area contributed by atoms with Crippen molar-refractivity contribution < 1.29 is 13.2 Å². The van der Waals surface area contributed by atoms with Crippen LogP contribution in [0.2, 0.25) is 0 Å². The first-order valence-corrected chi connectivity index (χ1v) is 11.7. The summed E-state index contributed by atoms with van der Waals surface area (Å²) in [5.41, 5.74) is 1.13. The molecule has 29 heavy (non-hydrogen) atoms. The van der Waals surface area contributed by atoms with Gasteiger partial charge in [0.15, 0.2) is 0 Å². The molecule has 0 spiro atoms. The van der Waals surface area contributed by atoms with Gasteiger partial charge in [0.25, 0.3) is 15.9 Å². The van der Waals surface area contributed by atoms with Crippen LogP contribution in [0, 0.1) is 0 Å². The summed E-state index contributed by atoms with van der Waals surface area (Å²) in [6.07, 6.45) is 5.63. The largest absolute Gasteiger partial charge is 0.333 e. The third kappa shape index (κ3) is 4.64. The van der Waals surface area contributed by atoms with E-state index in [0.29, 0.717) is 11.3 Å². The normalized spacial score (nSPS) is 15.3. The average molecular weight is 415 g/mol. The maximum absolute atomic E-state index is 13.2. The van der Waals surface area contributed by atoms with Crippen molar-refractivity contribution in [1.29, 1.82) is 0 Å². The highest BCUT2D eigenvalue weighted by Gasteiger charge is 2.29. The molecule has 0 heterocycles. The molecule has 0 N–H and O–H groups in total. The predicted octanol–water partition coefficient (Wildman–Crippen LogP) is 4.70. The summed E-state index contributed by atoms with van der Waals surface area (Å²) in [6.45, 7) is 4.08. The number of carbonyl (C=O) groups excluding carboxylic acids is 1. The summed E-state index contributed by atoms with van der Waals surface area (Å²) >= 11 is 0. The van der Waals surface area contributed by atoms with Crippen LogP contribution in [-0.2, 0) is 10.0 Å². The number of para-hydroxylation sites is 1. The molecule has 6 heteroatoms. The number of hydrogen-bond acceptors (Lipinski definition) is 3. The Morgan fingerprint density at radius 1 is 0.931 bits per heavy atom. The zero-order valence-corrected chi connectivity index (χ0v) is 18.2. The molecule has 0 saturated heterocycles. The molecular formula is C23H30N2O3S. The number of sulfonamides is 1. The number of benzene rings is 2. The predicted molar refractivity (Wildman–Crippen MR) is 117 cm³/mol. The molecule has 0 aliphatic heterocycles. The molecule has 1 aliphatic rings. The van der Waals surface area contributed by atoms with E-state index in [-0.39, 0.29) is 22.9 Å². The first kappa shape index (κ1) is 21.4. The molecule has 1 aliphatic carbocycles. The Balaban J connectivity index is 1.82. The lowest BCUT2D eigenvalue weighted by molar-refractivity contribution is 0.0555.